The van der Waals surface area contributed by atoms with Crippen LogP contribution in [0.2, 0.25) is 0 Å². The van der Waals surface area contributed by atoms with E-state index in [-0.39, 0.29) is 0 Å². The number of anilines is 1. The third kappa shape index (κ3) is 3.71. The zero-order valence-corrected chi connectivity index (χ0v) is 12.2. The molecule has 0 atom stereocenters. The van der Waals surface area contributed by atoms with Crippen molar-refractivity contribution in [1.29, 1.82) is 0 Å². The molecule has 3 rings (SSSR count). The smallest absolute Gasteiger partial charge is 0.180 e. The minimum Gasteiger partial charge on any atom is -0.619 e. The number of nitrogens with zero attached hydrogens (tertiary/aromatic N) is 2. The molecule has 5 nitrogen and oxygen atoms in total. The Balaban J connectivity index is 1.45. The molecule has 0 fully saturated rings. The van der Waals surface area contributed by atoms with E-state index in [1.165, 1.54) is 12.4 Å². The molecule has 0 aliphatic rings. The molecule has 2 aromatic heterocycles. The van der Waals surface area contributed by atoms with Crippen LogP contribution in [0.25, 0.3) is 10.9 Å². The quantitative estimate of drug-likeness (QED) is 0.415. The van der Waals surface area contributed by atoms with Crippen molar-refractivity contribution in [2.75, 3.05) is 18.4 Å². The number of pyridine rings is 2. The Labute approximate surface area is 129 Å². The van der Waals surface area contributed by atoms with Gasteiger partial charge in [-0.05, 0) is 23.8 Å². The number of nitrogens with one attached hydrogen (secondary N) is 2. The van der Waals surface area contributed by atoms with Crippen molar-refractivity contribution in [3.63, 3.8) is 0 Å². The Hall–Kier alpha value is -2.66. The predicted octanol–water partition coefficient (Wildman–Crippen LogP) is 2.07. The molecule has 0 saturated heterocycles. The van der Waals surface area contributed by atoms with Gasteiger partial charge in [-0.3, -0.25) is 0 Å². The van der Waals surface area contributed by atoms with Gasteiger partial charge < -0.3 is 15.8 Å². The van der Waals surface area contributed by atoms with Crippen LogP contribution in [0.3, 0.4) is 0 Å². The van der Waals surface area contributed by atoms with Crippen LogP contribution in [-0.4, -0.2) is 18.1 Å². The summed E-state index contributed by atoms with van der Waals surface area (Å²) in [7, 11) is 0. The molecule has 0 amide bonds. The van der Waals surface area contributed by atoms with Crippen LogP contribution in [-0.2, 0) is 6.54 Å². The Morgan fingerprint density at radius 3 is 2.64 bits per heavy atom. The van der Waals surface area contributed by atoms with E-state index >= 15 is 0 Å². The number of aromatic nitrogens is 2. The molecular formula is C17H18N4O. The first-order valence-electron chi connectivity index (χ1n) is 7.29. The van der Waals surface area contributed by atoms with Gasteiger partial charge in [0.1, 0.15) is 5.82 Å². The maximum atomic E-state index is 10.9. The lowest BCUT2D eigenvalue weighted by Crippen LogP contribution is -2.25. The van der Waals surface area contributed by atoms with Gasteiger partial charge in [0.2, 0.25) is 0 Å². The van der Waals surface area contributed by atoms with E-state index < -0.39 is 0 Å². The summed E-state index contributed by atoms with van der Waals surface area (Å²) in [6, 6.07) is 15.8. The SMILES string of the molecule is [O-][n+]1ccc(CNCCNc2ccc3ccccc3n2)cc1. The average molecular weight is 294 g/mol. The summed E-state index contributed by atoms with van der Waals surface area (Å²) < 4.78 is 0.788. The van der Waals surface area contributed by atoms with Crippen molar-refractivity contribution in [2.24, 2.45) is 0 Å². The molecule has 0 saturated carbocycles. The highest BCUT2D eigenvalue weighted by molar-refractivity contribution is 5.79. The van der Waals surface area contributed by atoms with Crippen LogP contribution >= 0.6 is 0 Å². The largest absolute Gasteiger partial charge is 0.619 e. The highest BCUT2D eigenvalue weighted by Crippen LogP contribution is 2.14. The number of fused-ring (bicyclic) bond motifs is 1. The van der Waals surface area contributed by atoms with Crippen molar-refractivity contribution in [1.82, 2.24) is 10.3 Å². The van der Waals surface area contributed by atoms with Gasteiger partial charge >= 0.3 is 0 Å². The van der Waals surface area contributed by atoms with Gasteiger partial charge in [0.15, 0.2) is 12.4 Å². The zero-order valence-electron chi connectivity index (χ0n) is 12.2. The zero-order chi connectivity index (χ0) is 15.2. The number of benzene rings is 1. The van der Waals surface area contributed by atoms with Crippen molar-refractivity contribution in [2.45, 2.75) is 6.54 Å². The monoisotopic (exact) mass is 294 g/mol. The predicted molar refractivity (Wildman–Crippen MR) is 87.3 cm³/mol. The van der Waals surface area contributed by atoms with E-state index in [1.807, 2.05) is 36.4 Å². The third-order valence-corrected chi connectivity index (χ3v) is 3.41. The number of hydrogen-bond acceptors (Lipinski definition) is 4. The van der Waals surface area contributed by atoms with E-state index in [0.29, 0.717) is 0 Å². The molecule has 2 N–H and O–H groups in total. The van der Waals surface area contributed by atoms with Crippen molar-refractivity contribution < 1.29 is 4.73 Å². The van der Waals surface area contributed by atoms with Crippen molar-refractivity contribution >= 4 is 16.7 Å². The van der Waals surface area contributed by atoms with E-state index in [4.69, 9.17) is 0 Å². The summed E-state index contributed by atoms with van der Waals surface area (Å²) >= 11 is 0. The van der Waals surface area contributed by atoms with Crippen LogP contribution in [0.5, 0.6) is 0 Å². The molecule has 3 aromatic rings. The normalized spacial score (nSPS) is 10.7. The molecule has 0 spiro atoms. The van der Waals surface area contributed by atoms with Crippen LogP contribution in [0.15, 0.2) is 60.9 Å². The van der Waals surface area contributed by atoms with Gasteiger partial charge in [-0.25, -0.2) is 4.98 Å². The molecule has 2 heterocycles. The summed E-state index contributed by atoms with van der Waals surface area (Å²) in [6.45, 7) is 2.36. The minimum atomic E-state index is 0.744. The van der Waals surface area contributed by atoms with Crippen molar-refractivity contribution in [3.05, 3.63) is 71.7 Å². The summed E-state index contributed by atoms with van der Waals surface area (Å²) in [6.07, 6.45) is 3.02. The fraction of sp³-hybridized carbons (Fsp3) is 0.176. The summed E-state index contributed by atoms with van der Waals surface area (Å²) in [4.78, 5) is 4.56. The second kappa shape index (κ2) is 6.87. The molecule has 22 heavy (non-hydrogen) atoms. The lowest BCUT2D eigenvalue weighted by atomic mass is 10.2. The van der Waals surface area contributed by atoms with Crippen LogP contribution in [0.1, 0.15) is 5.56 Å². The molecule has 0 aliphatic carbocycles. The van der Waals surface area contributed by atoms with E-state index in [9.17, 15) is 5.21 Å². The van der Waals surface area contributed by atoms with Gasteiger partial charge in [-0.1, -0.05) is 18.2 Å². The number of rotatable bonds is 6. The first-order chi connectivity index (χ1) is 10.8. The molecule has 0 aliphatic heterocycles. The lowest BCUT2D eigenvalue weighted by molar-refractivity contribution is -0.605. The van der Waals surface area contributed by atoms with Crippen LogP contribution in [0, 0.1) is 5.21 Å². The first kappa shape index (κ1) is 14.3. The second-order valence-electron chi connectivity index (χ2n) is 5.06. The third-order valence-electron chi connectivity index (χ3n) is 3.41. The number of para-hydroxylation sites is 1. The van der Waals surface area contributed by atoms with Gasteiger partial charge in [0.05, 0.1) is 5.52 Å². The fourth-order valence-electron chi connectivity index (χ4n) is 2.24. The Kier molecular flexibility index (Phi) is 4.46. The summed E-state index contributed by atoms with van der Waals surface area (Å²) in [5.41, 5.74) is 2.09. The second-order valence-corrected chi connectivity index (χ2v) is 5.06. The topological polar surface area (TPSA) is 63.9 Å². The van der Waals surface area contributed by atoms with Gasteiger partial charge in [-0.15, -0.1) is 0 Å². The number of hydrogen-bond donors (Lipinski definition) is 2. The minimum absolute atomic E-state index is 0.744. The average Bonchev–Trinajstić information content (AvgIpc) is 2.56. The summed E-state index contributed by atoms with van der Waals surface area (Å²) in [5.74, 6) is 0.882. The maximum Gasteiger partial charge on any atom is 0.180 e. The highest BCUT2D eigenvalue weighted by Gasteiger charge is 1.98. The van der Waals surface area contributed by atoms with E-state index in [0.717, 1.165) is 46.6 Å². The van der Waals surface area contributed by atoms with Crippen molar-refractivity contribution in [3.8, 4) is 0 Å². The maximum absolute atomic E-state index is 10.9. The molecule has 0 radical (unpaired) electrons. The van der Waals surface area contributed by atoms with E-state index in [2.05, 4.69) is 27.8 Å². The molecule has 0 bridgehead atoms. The Morgan fingerprint density at radius 1 is 0.955 bits per heavy atom. The fourth-order valence-corrected chi connectivity index (χ4v) is 2.24. The first-order valence-corrected chi connectivity index (χ1v) is 7.29. The Morgan fingerprint density at radius 2 is 1.77 bits per heavy atom. The molecule has 1 aromatic carbocycles. The van der Waals surface area contributed by atoms with Gasteiger partial charge in [0.25, 0.3) is 0 Å². The van der Waals surface area contributed by atoms with Gasteiger partial charge in [-0.2, -0.15) is 4.73 Å². The summed E-state index contributed by atoms with van der Waals surface area (Å²) in [5, 5.41) is 18.7. The van der Waals surface area contributed by atoms with Crippen LogP contribution in [0.4, 0.5) is 5.82 Å². The molecule has 0 unspecified atom stereocenters. The van der Waals surface area contributed by atoms with Crippen LogP contribution < -0.4 is 15.4 Å². The van der Waals surface area contributed by atoms with Gasteiger partial charge in [0, 0.05) is 37.2 Å². The molecule has 5 heteroatoms. The molecule has 112 valence electrons. The Bertz CT molecular complexity index is 743. The highest BCUT2D eigenvalue weighted by atomic mass is 16.5. The standard InChI is InChI=1S/C17H18N4O/c22-21-11-7-14(8-12-21)13-18-9-10-19-17-6-5-15-3-1-2-4-16(15)20-17/h1-8,11-12,18H,9-10,13H2,(H,19,20). The van der Waals surface area contributed by atoms with E-state index in [1.54, 1.807) is 0 Å². The molecular weight excluding hydrogens is 276 g/mol. The lowest BCUT2D eigenvalue weighted by Gasteiger charge is -2.08.